The lowest BCUT2D eigenvalue weighted by atomic mass is 10.0. The summed E-state index contributed by atoms with van der Waals surface area (Å²) in [5.74, 6) is 0.205. The molecule has 1 saturated heterocycles. The molecule has 1 unspecified atom stereocenters. The average Bonchev–Trinajstić information content (AvgIpc) is 2.26. The minimum absolute atomic E-state index is 0.205. The number of rotatable bonds is 4. The molecule has 1 aliphatic heterocycles. The van der Waals surface area contributed by atoms with Gasteiger partial charge in [-0.2, -0.15) is 0 Å². The minimum atomic E-state index is 0.205. The van der Waals surface area contributed by atoms with Crippen molar-refractivity contribution in [3.8, 4) is 0 Å². The number of hydrogen-bond acceptors (Lipinski definition) is 3. The van der Waals surface area contributed by atoms with E-state index >= 15 is 0 Å². The molecule has 2 N–H and O–H groups in total. The van der Waals surface area contributed by atoms with Gasteiger partial charge in [0.25, 0.3) is 0 Å². The van der Waals surface area contributed by atoms with Crippen LogP contribution in [0.5, 0.6) is 0 Å². The predicted molar refractivity (Wildman–Crippen MR) is 61.6 cm³/mol. The van der Waals surface area contributed by atoms with Crippen LogP contribution in [0.2, 0.25) is 0 Å². The predicted octanol–water partition coefficient (Wildman–Crippen LogP) is 0.278. The molecule has 1 amide bonds. The molecule has 0 aromatic rings. The van der Waals surface area contributed by atoms with Gasteiger partial charge in [0.1, 0.15) is 0 Å². The normalized spacial score (nSPS) is 22.7. The molecule has 1 atom stereocenters. The van der Waals surface area contributed by atoms with Gasteiger partial charge in [0.15, 0.2) is 0 Å². The molecule has 0 aliphatic carbocycles. The zero-order valence-electron chi connectivity index (χ0n) is 9.91. The van der Waals surface area contributed by atoms with Crippen molar-refractivity contribution in [3.05, 3.63) is 0 Å². The van der Waals surface area contributed by atoms with Crippen LogP contribution < -0.4 is 5.73 Å². The highest BCUT2D eigenvalue weighted by Crippen LogP contribution is 2.16. The number of amides is 1. The van der Waals surface area contributed by atoms with E-state index in [0.717, 1.165) is 19.6 Å². The summed E-state index contributed by atoms with van der Waals surface area (Å²) in [5.41, 5.74) is 5.72. The molecule has 1 fully saturated rings. The smallest absolute Gasteiger partial charge is 0.223 e. The third-order valence-corrected chi connectivity index (χ3v) is 3.13. The van der Waals surface area contributed by atoms with Crippen LogP contribution in [0.3, 0.4) is 0 Å². The third-order valence-electron chi connectivity index (χ3n) is 3.13. The van der Waals surface area contributed by atoms with Crippen molar-refractivity contribution >= 4 is 5.91 Å². The second-order valence-electron chi connectivity index (χ2n) is 4.46. The van der Waals surface area contributed by atoms with Gasteiger partial charge < -0.3 is 10.6 Å². The molecule has 88 valence electrons. The molecule has 1 aliphatic rings. The van der Waals surface area contributed by atoms with Gasteiger partial charge in [-0.1, -0.05) is 6.42 Å². The minimum Gasteiger partial charge on any atom is -0.349 e. The topological polar surface area (TPSA) is 49.6 Å². The summed E-state index contributed by atoms with van der Waals surface area (Å²) in [5, 5.41) is 0. The number of nitrogens with two attached hydrogens (primary N) is 1. The first-order chi connectivity index (χ1) is 7.15. The lowest BCUT2D eigenvalue weighted by Gasteiger charge is -2.34. The Labute approximate surface area is 92.4 Å². The van der Waals surface area contributed by atoms with Crippen molar-refractivity contribution < 1.29 is 4.79 Å². The van der Waals surface area contributed by atoms with Crippen LogP contribution in [-0.4, -0.2) is 55.5 Å². The van der Waals surface area contributed by atoms with Crippen molar-refractivity contribution in [1.29, 1.82) is 0 Å². The zero-order chi connectivity index (χ0) is 11.3. The molecule has 4 heteroatoms. The molecule has 15 heavy (non-hydrogen) atoms. The van der Waals surface area contributed by atoms with E-state index in [1.54, 1.807) is 19.0 Å². The van der Waals surface area contributed by atoms with Crippen molar-refractivity contribution in [3.63, 3.8) is 0 Å². The molecule has 0 aromatic heterocycles. The van der Waals surface area contributed by atoms with Crippen LogP contribution in [0.25, 0.3) is 0 Å². The Balaban J connectivity index is 2.32. The summed E-state index contributed by atoms with van der Waals surface area (Å²) in [6.07, 6.45) is 4.32. The van der Waals surface area contributed by atoms with Gasteiger partial charge >= 0.3 is 0 Å². The molecule has 0 radical (unpaired) electrons. The van der Waals surface area contributed by atoms with E-state index in [9.17, 15) is 4.79 Å². The lowest BCUT2D eigenvalue weighted by molar-refractivity contribution is -0.129. The van der Waals surface area contributed by atoms with Crippen LogP contribution >= 0.6 is 0 Å². The molecule has 0 spiro atoms. The second kappa shape index (κ2) is 6.08. The molecule has 1 rings (SSSR count). The quantitative estimate of drug-likeness (QED) is 0.729. The first-order valence-electron chi connectivity index (χ1n) is 5.79. The summed E-state index contributed by atoms with van der Waals surface area (Å²) in [4.78, 5) is 15.5. The van der Waals surface area contributed by atoms with E-state index in [4.69, 9.17) is 5.73 Å². The highest BCUT2D eigenvalue weighted by atomic mass is 16.2. The van der Waals surface area contributed by atoms with Crippen LogP contribution in [0.15, 0.2) is 0 Å². The van der Waals surface area contributed by atoms with Gasteiger partial charge in [0, 0.05) is 39.6 Å². The van der Waals surface area contributed by atoms with Crippen molar-refractivity contribution in [1.82, 2.24) is 9.80 Å². The zero-order valence-corrected chi connectivity index (χ0v) is 9.91. The fourth-order valence-corrected chi connectivity index (χ4v) is 2.08. The third kappa shape index (κ3) is 3.80. The fourth-order valence-electron chi connectivity index (χ4n) is 2.08. The number of hydrogen-bond donors (Lipinski definition) is 1. The summed E-state index contributed by atoms with van der Waals surface area (Å²) < 4.78 is 0. The Morgan fingerprint density at radius 2 is 2.20 bits per heavy atom. The number of carbonyl (C=O) groups excluding carboxylic acids is 1. The van der Waals surface area contributed by atoms with E-state index in [-0.39, 0.29) is 5.91 Å². The Hall–Kier alpha value is -0.610. The lowest BCUT2D eigenvalue weighted by Crippen LogP contribution is -2.45. The van der Waals surface area contributed by atoms with E-state index in [1.807, 2.05) is 0 Å². The molecule has 0 aromatic carbocycles. The van der Waals surface area contributed by atoms with Crippen molar-refractivity contribution in [2.75, 3.05) is 33.7 Å². The summed E-state index contributed by atoms with van der Waals surface area (Å²) >= 11 is 0. The Kier molecular flexibility index (Phi) is 5.05. The van der Waals surface area contributed by atoms with E-state index in [1.165, 1.54) is 19.3 Å². The Morgan fingerprint density at radius 3 is 2.80 bits per heavy atom. The Morgan fingerprint density at radius 1 is 1.47 bits per heavy atom. The van der Waals surface area contributed by atoms with Gasteiger partial charge in [-0.05, 0) is 19.4 Å². The first kappa shape index (κ1) is 12.5. The second-order valence-corrected chi connectivity index (χ2v) is 4.46. The molecular formula is C11H23N3O. The van der Waals surface area contributed by atoms with Gasteiger partial charge in [-0.15, -0.1) is 0 Å². The van der Waals surface area contributed by atoms with Crippen molar-refractivity contribution in [2.24, 2.45) is 5.73 Å². The summed E-state index contributed by atoms with van der Waals surface area (Å²) in [7, 11) is 3.61. The summed E-state index contributed by atoms with van der Waals surface area (Å²) in [6, 6.07) is 0.494. The maximum atomic E-state index is 11.4. The Bertz CT molecular complexity index is 206. The monoisotopic (exact) mass is 213 g/mol. The van der Waals surface area contributed by atoms with Crippen LogP contribution in [0.1, 0.15) is 25.7 Å². The number of likely N-dealkylation sites (tertiary alicyclic amines) is 1. The molecule has 4 nitrogen and oxygen atoms in total. The van der Waals surface area contributed by atoms with Crippen molar-refractivity contribution in [2.45, 2.75) is 31.7 Å². The first-order valence-corrected chi connectivity index (χ1v) is 5.79. The highest BCUT2D eigenvalue weighted by Gasteiger charge is 2.21. The molecular weight excluding hydrogens is 190 g/mol. The fraction of sp³-hybridized carbons (Fsp3) is 0.909. The SMILES string of the molecule is CN(C)C(=O)CCN1CCCCC1CN. The van der Waals surface area contributed by atoms with Crippen LogP contribution in [0, 0.1) is 0 Å². The van der Waals surface area contributed by atoms with Gasteiger partial charge in [0.2, 0.25) is 5.91 Å². The molecule has 0 bridgehead atoms. The molecule has 0 saturated carbocycles. The van der Waals surface area contributed by atoms with E-state index < -0.39 is 0 Å². The standard InChI is InChI=1S/C11H23N3O/c1-13(2)11(15)6-8-14-7-4-3-5-10(14)9-12/h10H,3-9,12H2,1-2H3. The highest BCUT2D eigenvalue weighted by molar-refractivity contribution is 5.75. The van der Waals surface area contributed by atoms with Crippen LogP contribution in [0.4, 0.5) is 0 Å². The van der Waals surface area contributed by atoms with Gasteiger partial charge in [-0.25, -0.2) is 0 Å². The van der Waals surface area contributed by atoms with E-state index in [2.05, 4.69) is 4.90 Å². The van der Waals surface area contributed by atoms with Crippen LogP contribution in [-0.2, 0) is 4.79 Å². The largest absolute Gasteiger partial charge is 0.349 e. The van der Waals surface area contributed by atoms with Gasteiger partial charge in [-0.3, -0.25) is 9.69 Å². The maximum Gasteiger partial charge on any atom is 0.223 e. The van der Waals surface area contributed by atoms with Gasteiger partial charge in [0.05, 0.1) is 0 Å². The number of piperidine rings is 1. The maximum absolute atomic E-state index is 11.4. The number of nitrogens with zero attached hydrogens (tertiary/aromatic N) is 2. The average molecular weight is 213 g/mol. The number of carbonyl (C=O) groups is 1. The molecule has 1 heterocycles. The summed E-state index contributed by atoms with van der Waals surface area (Å²) in [6.45, 7) is 2.68. The van der Waals surface area contributed by atoms with E-state index in [0.29, 0.717) is 12.5 Å².